The van der Waals surface area contributed by atoms with Crippen LogP contribution in [-0.4, -0.2) is 24.1 Å². The number of aromatic nitrogens is 5. The van der Waals surface area contributed by atoms with Crippen LogP contribution < -0.4 is 0 Å². The summed E-state index contributed by atoms with van der Waals surface area (Å²) < 4.78 is 4.84. The molecule has 0 aliphatic heterocycles. The Bertz CT molecular complexity index is 4710. The van der Waals surface area contributed by atoms with Gasteiger partial charge in [-0.25, -0.2) is 19.8 Å². The van der Waals surface area contributed by atoms with Gasteiger partial charge in [-0.3, -0.25) is 0 Å². The molecule has 11 aromatic carbocycles. The van der Waals surface area contributed by atoms with Crippen molar-refractivity contribution >= 4 is 49.3 Å². The van der Waals surface area contributed by atoms with Crippen LogP contribution in [0.5, 0.6) is 0 Å². The molecule has 0 amide bonds. The van der Waals surface area contributed by atoms with E-state index in [1.807, 2.05) is 60.7 Å². The lowest BCUT2D eigenvalue weighted by molar-refractivity contribution is 1.07. The summed E-state index contributed by atoms with van der Waals surface area (Å²) in [6, 6.07) is 86.7. The summed E-state index contributed by atoms with van der Waals surface area (Å²) in [5, 5.41) is 4.68. The summed E-state index contributed by atoms with van der Waals surface area (Å²) in [6.45, 7) is 16.5. The first kappa shape index (κ1) is 47.9. The summed E-state index contributed by atoms with van der Waals surface area (Å²) in [5.41, 5.74) is 23.3. The quantitative estimate of drug-likeness (QED) is 0.135. The molecule has 6 nitrogen and oxygen atoms in total. The van der Waals surface area contributed by atoms with E-state index in [0.717, 1.165) is 77.8 Å². The van der Waals surface area contributed by atoms with Crippen LogP contribution in [0.25, 0.3) is 139 Å². The standard InChI is InChI=1S/C74H52N6/c1-46-36-47(2)39-56(38-46)54-27-33-69-64(43-54)60-20-12-14-22-67(60)79(69)59-31-32-62(74-77-72(51-16-8-6-9-17-51)76-73(78-74)52-18-10-7-11-19-52)63(45-59)66-42-53(50-24-29-58(75-5)30-25-50)26-34-71(66)80-68-23-15-13-21-61(68)65-44-55(28-35-70(65)80)57-40-48(3)37-49(4)41-57/h6-45H,1-4H3. The Morgan fingerprint density at radius 2 is 0.750 bits per heavy atom. The monoisotopic (exact) mass is 1020 g/mol. The molecule has 0 bridgehead atoms. The lowest BCUT2D eigenvalue weighted by Crippen LogP contribution is -2.04. The van der Waals surface area contributed by atoms with Crippen molar-refractivity contribution < 1.29 is 0 Å². The van der Waals surface area contributed by atoms with Gasteiger partial charge in [-0.1, -0.05) is 198 Å². The Hall–Kier alpha value is -10.5. The Morgan fingerprint density at radius 1 is 0.300 bits per heavy atom. The maximum atomic E-state index is 7.78. The molecule has 0 atom stereocenters. The average molecular weight is 1030 g/mol. The zero-order chi connectivity index (χ0) is 54.0. The molecule has 6 heteroatoms. The van der Waals surface area contributed by atoms with E-state index in [1.165, 1.54) is 60.7 Å². The van der Waals surface area contributed by atoms with Crippen LogP contribution in [0.4, 0.5) is 5.69 Å². The van der Waals surface area contributed by atoms with Crippen LogP contribution in [0.2, 0.25) is 0 Å². The van der Waals surface area contributed by atoms with Gasteiger partial charge in [0.05, 0.1) is 34.3 Å². The second kappa shape index (κ2) is 19.5. The Balaban J connectivity index is 1.08. The first-order chi connectivity index (χ1) is 39.2. The smallest absolute Gasteiger partial charge is 0.187 e. The summed E-state index contributed by atoms with van der Waals surface area (Å²) in [7, 11) is 0. The van der Waals surface area contributed by atoms with Crippen LogP contribution in [0, 0.1) is 34.3 Å². The molecule has 0 fully saturated rings. The highest BCUT2D eigenvalue weighted by Crippen LogP contribution is 2.45. The maximum Gasteiger partial charge on any atom is 0.187 e. The Labute approximate surface area is 465 Å². The van der Waals surface area contributed by atoms with Crippen LogP contribution in [0.3, 0.4) is 0 Å². The third-order valence-corrected chi connectivity index (χ3v) is 15.5. The maximum absolute atomic E-state index is 7.78. The number of aryl methyl sites for hydroxylation is 4. The fraction of sp³-hybridized carbons (Fsp3) is 0.0541. The third-order valence-electron chi connectivity index (χ3n) is 15.5. The minimum atomic E-state index is 0.553. The van der Waals surface area contributed by atoms with Crippen molar-refractivity contribution in [3.8, 4) is 90.0 Å². The van der Waals surface area contributed by atoms with E-state index in [4.69, 9.17) is 21.5 Å². The lowest BCUT2D eigenvalue weighted by atomic mass is 9.93. The van der Waals surface area contributed by atoms with Gasteiger partial charge in [0.2, 0.25) is 0 Å². The molecular formula is C74H52N6. The highest BCUT2D eigenvalue weighted by molar-refractivity contribution is 6.12. The van der Waals surface area contributed by atoms with E-state index in [-0.39, 0.29) is 0 Å². The van der Waals surface area contributed by atoms with Crippen molar-refractivity contribution in [2.24, 2.45) is 0 Å². The van der Waals surface area contributed by atoms with Gasteiger partial charge in [-0.15, -0.1) is 0 Å². The average Bonchev–Trinajstić information content (AvgIpc) is 4.12. The van der Waals surface area contributed by atoms with Crippen molar-refractivity contribution in [2.75, 3.05) is 0 Å². The van der Waals surface area contributed by atoms with Crippen LogP contribution >= 0.6 is 0 Å². The fourth-order valence-electron chi connectivity index (χ4n) is 12.0. The van der Waals surface area contributed by atoms with E-state index >= 15 is 0 Å². The molecule has 80 heavy (non-hydrogen) atoms. The van der Waals surface area contributed by atoms with Crippen LogP contribution in [0.1, 0.15) is 22.3 Å². The number of fused-ring (bicyclic) bond motifs is 6. The van der Waals surface area contributed by atoms with Gasteiger partial charge in [-0.2, -0.15) is 0 Å². The van der Waals surface area contributed by atoms with Crippen LogP contribution in [-0.2, 0) is 0 Å². The predicted molar refractivity (Wildman–Crippen MR) is 332 cm³/mol. The minimum Gasteiger partial charge on any atom is -0.309 e. The van der Waals surface area contributed by atoms with E-state index < -0.39 is 0 Å². The van der Waals surface area contributed by atoms with E-state index in [9.17, 15) is 0 Å². The summed E-state index contributed by atoms with van der Waals surface area (Å²) in [6.07, 6.45) is 0. The molecule has 0 saturated carbocycles. The normalized spacial score (nSPS) is 11.5. The molecule has 0 aliphatic rings. The van der Waals surface area contributed by atoms with Gasteiger partial charge in [0.25, 0.3) is 0 Å². The molecule has 0 radical (unpaired) electrons. The van der Waals surface area contributed by atoms with E-state index in [1.54, 1.807) is 0 Å². The Morgan fingerprint density at radius 3 is 1.30 bits per heavy atom. The second-order valence-corrected chi connectivity index (χ2v) is 21.1. The van der Waals surface area contributed by atoms with Crippen molar-refractivity contribution in [3.05, 3.63) is 276 Å². The first-order valence-corrected chi connectivity index (χ1v) is 27.1. The third kappa shape index (κ3) is 8.50. The van der Waals surface area contributed by atoms with Gasteiger partial charge in [0.1, 0.15) is 0 Å². The van der Waals surface area contributed by atoms with E-state index in [0.29, 0.717) is 23.2 Å². The molecule has 378 valence electrons. The molecular weight excluding hydrogens is 973 g/mol. The van der Waals surface area contributed by atoms with Gasteiger partial charge in [0.15, 0.2) is 23.2 Å². The van der Waals surface area contributed by atoms with Gasteiger partial charge < -0.3 is 9.13 Å². The summed E-state index contributed by atoms with van der Waals surface area (Å²) in [5.74, 6) is 1.72. The molecule has 0 aliphatic carbocycles. The molecule has 14 aromatic rings. The summed E-state index contributed by atoms with van der Waals surface area (Å²) >= 11 is 0. The molecule has 0 unspecified atom stereocenters. The fourth-order valence-corrected chi connectivity index (χ4v) is 12.0. The van der Waals surface area contributed by atoms with Crippen LogP contribution in [0.15, 0.2) is 243 Å². The van der Waals surface area contributed by atoms with Gasteiger partial charge in [-0.05, 0) is 133 Å². The number of hydrogen-bond acceptors (Lipinski definition) is 3. The molecule has 14 rings (SSSR count). The van der Waals surface area contributed by atoms with Crippen molar-refractivity contribution in [1.29, 1.82) is 0 Å². The molecule has 0 N–H and O–H groups in total. The van der Waals surface area contributed by atoms with Crippen molar-refractivity contribution in [2.45, 2.75) is 27.7 Å². The first-order valence-electron chi connectivity index (χ1n) is 27.1. The summed E-state index contributed by atoms with van der Waals surface area (Å²) in [4.78, 5) is 19.7. The number of para-hydroxylation sites is 2. The largest absolute Gasteiger partial charge is 0.309 e. The number of rotatable bonds is 9. The zero-order valence-electron chi connectivity index (χ0n) is 44.8. The number of hydrogen-bond donors (Lipinski definition) is 0. The topological polar surface area (TPSA) is 52.9 Å². The molecule has 3 heterocycles. The number of nitrogens with zero attached hydrogens (tertiary/aromatic N) is 6. The second-order valence-electron chi connectivity index (χ2n) is 21.1. The van der Waals surface area contributed by atoms with Crippen molar-refractivity contribution in [3.63, 3.8) is 0 Å². The highest BCUT2D eigenvalue weighted by atomic mass is 15.0. The Kier molecular flexibility index (Phi) is 11.7. The van der Waals surface area contributed by atoms with Gasteiger partial charge >= 0.3 is 0 Å². The highest BCUT2D eigenvalue weighted by Gasteiger charge is 2.24. The number of benzene rings is 11. The molecule has 0 spiro atoms. The minimum absolute atomic E-state index is 0.553. The zero-order valence-corrected chi connectivity index (χ0v) is 44.8. The lowest BCUT2D eigenvalue weighted by Gasteiger charge is -2.20. The SMILES string of the molecule is [C-]#[N+]c1ccc(-c2ccc(-n3c4ccccc4c4cc(-c5cc(C)cc(C)c5)ccc43)c(-c3cc(-n4c5ccccc5c5cc(-c6cc(C)cc(C)c6)ccc54)ccc3-c3nc(-c4ccccc4)nc(-c4ccccc4)n3)c2)cc1. The van der Waals surface area contributed by atoms with E-state index in [2.05, 4.69) is 224 Å². The molecule has 3 aromatic heterocycles. The van der Waals surface area contributed by atoms with Gasteiger partial charge in [0, 0.05) is 49.5 Å². The van der Waals surface area contributed by atoms with Crippen molar-refractivity contribution in [1.82, 2.24) is 24.1 Å². The predicted octanol–water partition coefficient (Wildman–Crippen LogP) is 19.5. The molecule has 0 saturated heterocycles.